The SMILES string of the molecule is Cc1nc2c(cnn2C(C)C)cc1C(=O)N1CCCN(Cc2ccc(Cl)cc2)CC1. The number of halogens is 1. The van der Waals surface area contributed by atoms with Gasteiger partial charge >= 0.3 is 0 Å². The molecule has 0 saturated carbocycles. The quantitative estimate of drug-likeness (QED) is 0.624. The van der Waals surface area contributed by atoms with Crippen molar-refractivity contribution in [3.8, 4) is 0 Å². The number of hydrogen-bond acceptors (Lipinski definition) is 4. The molecule has 4 rings (SSSR count). The third-order valence-electron chi connectivity index (χ3n) is 5.67. The molecule has 0 radical (unpaired) electrons. The van der Waals surface area contributed by atoms with E-state index >= 15 is 0 Å². The molecule has 1 aromatic carbocycles. The van der Waals surface area contributed by atoms with E-state index in [4.69, 9.17) is 16.6 Å². The summed E-state index contributed by atoms with van der Waals surface area (Å²) < 4.78 is 1.90. The lowest BCUT2D eigenvalue weighted by Gasteiger charge is -2.22. The van der Waals surface area contributed by atoms with Crippen LogP contribution >= 0.6 is 11.6 Å². The van der Waals surface area contributed by atoms with Crippen LogP contribution in [-0.4, -0.2) is 56.7 Å². The maximum Gasteiger partial charge on any atom is 0.255 e. The second kappa shape index (κ2) is 8.74. The minimum Gasteiger partial charge on any atom is -0.337 e. The molecule has 1 fully saturated rings. The minimum atomic E-state index is 0.0625. The van der Waals surface area contributed by atoms with Gasteiger partial charge in [0.1, 0.15) is 0 Å². The Balaban J connectivity index is 1.47. The summed E-state index contributed by atoms with van der Waals surface area (Å²) in [5, 5.41) is 6.10. The molecule has 2 aromatic heterocycles. The van der Waals surface area contributed by atoms with Crippen molar-refractivity contribution in [3.05, 3.63) is 58.4 Å². The molecule has 3 heterocycles. The maximum absolute atomic E-state index is 13.3. The molecule has 1 saturated heterocycles. The normalized spacial score (nSPS) is 15.7. The molecular weight excluding hydrogens is 398 g/mol. The van der Waals surface area contributed by atoms with E-state index in [-0.39, 0.29) is 11.9 Å². The van der Waals surface area contributed by atoms with Crippen LogP contribution in [0.15, 0.2) is 36.5 Å². The molecule has 1 amide bonds. The minimum absolute atomic E-state index is 0.0625. The Morgan fingerprint density at radius 3 is 2.63 bits per heavy atom. The molecule has 0 spiro atoms. The van der Waals surface area contributed by atoms with E-state index in [9.17, 15) is 4.79 Å². The topological polar surface area (TPSA) is 54.3 Å². The Labute approximate surface area is 182 Å². The van der Waals surface area contributed by atoms with E-state index in [1.54, 1.807) is 6.20 Å². The van der Waals surface area contributed by atoms with E-state index in [1.807, 2.05) is 34.7 Å². The van der Waals surface area contributed by atoms with Crippen molar-refractivity contribution >= 4 is 28.5 Å². The van der Waals surface area contributed by atoms with Crippen LogP contribution in [0.2, 0.25) is 5.02 Å². The van der Waals surface area contributed by atoms with Crippen LogP contribution in [0.25, 0.3) is 11.0 Å². The summed E-state index contributed by atoms with van der Waals surface area (Å²) >= 11 is 5.99. The fraction of sp³-hybridized carbons (Fsp3) is 0.435. The highest BCUT2D eigenvalue weighted by molar-refractivity contribution is 6.30. The molecule has 0 bridgehead atoms. The second-order valence-electron chi connectivity index (χ2n) is 8.27. The predicted octanol–water partition coefficient (Wildman–Crippen LogP) is 4.32. The van der Waals surface area contributed by atoms with Gasteiger partial charge in [0.15, 0.2) is 5.65 Å². The molecule has 6 nitrogen and oxygen atoms in total. The van der Waals surface area contributed by atoms with Crippen molar-refractivity contribution in [1.82, 2.24) is 24.6 Å². The summed E-state index contributed by atoms with van der Waals surface area (Å²) in [5.41, 5.74) is 3.52. The van der Waals surface area contributed by atoms with Gasteiger partial charge < -0.3 is 4.90 Å². The number of carbonyl (C=O) groups is 1. The Kier molecular flexibility index (Phi) is 6.06. The van der Waals surface area contributed by atoms with Crippen LogP contribution < -0.4 is 0 Å². The summed E-state index contributed by atoms with van der Waals surface area (Å²) in [6.45, 7) is 10.3. The van der Waals surface area contributed by atoms with Gasteiger partial charge in [-0.15, -0.1) is 0 Å². The number of fused-ring (bicyclic) bond motifs is 1. The summed E-state index contributed by atoms with van der Waals surface area (Å²) in [6.07, 6.45) is 2.76. The monoisotopic (exact) mass is 425 g/mol. The Hall–Kier alpha value is -2.44. The number of carbonyl (C=O) groups excluding carboxylic acids is 1. The molecule has 0 atom stereocenters. The number of rotatable bonds is 4. The lowest BCUT2D eigenvalue weighted by atomic mass is 10.1. The van der Waals surface area contributed by atoms with Crippen LogP contribution in [0.5, 0.6) is 0 Å². The number of amides is 1. The second-order valence-corrected chi connectivity index (χ2v) is 8.70. The highest BCUT2D eigenvalue weighted by Crippen LogP contribution is 2.21. The largest absolute Gasteiger partial charge is 0.337 e. The smallest absolute Gasteiger partial charge is 0.255 e. The number of aromatic nitrogens is 3. The zero-order valence-corrected chi connectivity index (χ0v) is 18.6. The summed E-state index contributed by atoms with van der Waals surface area (Å²) in [4.78, 5) is 22.4. The summed E-state index contributed by atoms with van der Waals surface area (Å²) in [5.74, 6) is 0.0625. The van der Waals surface area contributed by atoms with Crippen molar-refractivity contribution in [2.75, 3.05) is 26.2 Å². The Morgan fingerprint density at radius 2 is 1.90 bits per heavy atom. The number of aryl methyl sites for hydroxylation is 1. The first-order valence-corrected chi connectivity index (χ1v) is 10.9. The van der Waals surface area contributed by atoms with Crippen LogP contribution in [0.1, 0.15) is 47.9 Å². The molecule has 1 aliphatic rings. The maximum atomic E-state index is 13.3. The first-order valence-electron chi connectivity index (χ1n) is 10.5. The van der Waals surface area contributed by atoms with Crippen molar-refractivity contribution in [1.29, 1.82) is 0 Å². The zero-order valence-electron chi connectivity index (χ0n) is 17.8. The van der Waals surface area contributed by atoms with E-state index in [0.717, 1.165) is 60.9 Å². The summed E-state index contributed by atoms with van der Waals surface area (Å²) in [6, 6.07) is 10.2. The average Bonchev–Trinajstić information content (AvgIpc) is 2.99. The zero-order chi connectivity index (χ0) is 21.3. The van der Waals surface area contributed by atoms with Gasteiger partial charge in [-0.25, -0.2) is 9.67 Å². The van der Waals surface area contributed by atoms with Gasteiger partial charge in [0.05, 0.1) is 17.5 Å². The van der Waals surface area contributed by atoms with Crippen LogP contribution in [0, 0.1) is 6.92 Å². The van der Waals surface area contributed by atoms with Gasteiger partial charge in [-0.1, -0.05) is 23.7 Å². The van der Waals surface area contributed by atoms with Gasteiger partial charge in [-0.2, -0.15) is 5.10 Å². The molecule has 158 valence electrons. The highest BCUT2D eigenvalue weighted by atomic mass is 35.5. The van der Waals surface area contributed by atoms with E-state index < -0.39 is 0 Å². The van der Waals surface area contributed by atoms with Gasteiger partial charge in [0.2, 0.25) is 0 Å². The molecule has 0 unspecified atom stereocenters. The number of pyridine rings is 1. The van der Waals surface area contributed by atoms with Crippen molar-refractivity contribution in [2.45, 2.75) is 39.8 Å². The fourth-order valence-corrected chi connectivity index (χ4v) is 4.14. The third-order valence-corrected chi connectivity index (χ3v) is 5.93. The van der Waals surface area contributed by atoms with E-state index in [0.29, 0.717) is 5.56 Å². The lowest BCUT2D eigenvalue weighted by Crippen LogP contribution is -2.35. The number of benzene rings is 1. The lowest BCUT2D eigenvalue weighted by molar-refractivity contribution is 0.0760. The molecule has 30 heavy (non-hydrogen) atoms. The fourth-order valence-electron chi connectivity index (χ4n) is 4.01. The first-order chi connectivity index (χ1) is 14.4. The van der Waals surface area contributed by atoms with E-state index in [2.05, 4.69) is 36.0 Å². The predicted molar refractivity (Wildman–Crippen MR) is 120 cm³/mol. The molecule has 7 heteroatoms. The first kappa shape index (κ1) is 20.8. The Morgan fingerprint density at radius 1 is 1.13 bits per heavy atom. The Bertz CT molecular complexity index is 1040. The molecule has 0 aliphatic carbocycles. The average molecular weight is 426 g/mol. The molecular formula is C23H28ClN5O. The van der Waals surface area contributed by atoms with Gasteiger partial charge in [-0.3, -0.25) is 9.69 Å². The third kappa shape index (κ3) is 4.35. The number of nitrogens with zero attached hydrogens (tertiary/aromatic N) is 5. The van der Waals surface area contributed by atoms with Gasteiger partial charge in [0, 0.05) is 49.2 Å². The van der Waals surface area contributed by atoms with Gasteiger partial charge in [-0.05, 0) is 51.0 Å². The van der Waals surface area contributed by atoms with Crippen molar-refractivity contribution in [2.24, 2.45) is 0 Å². The molecule has 1 aliphatic heterocycles. The van der Waals surface area contributed by atoms with Crippen LogP contribution in [0.4, 0.5) is 0 Å². The molecule has 3 aromatic rings. The van der Waals surface area contributed by atoms with Crippen molar-refractivity contribution in [3.63, 3.8) is 0 Å². The van der Waals surface area contributed by atoms with Crippen molar-refractivity contribution < 1.29 is 4.79 Å². The van der Waals surface area contributed by atoms with E-state index in [1.165, 1.54) is 5.56 Å². The summed E-state index contributed by atoms with van der Waals surface area (Å²) in [7, 11) is 0. The van der Waals surface area contributed by atoms with Crippen LogP contribution in [0.3, 0.4) is 0 Å². The highest BCUT2D eigenvalue weighted by Gasteiger charge is 2.23. The molecule has 0 N–H and O–H groups in total. The number of hydrogen-bond donors (Lipinski definition) is 0. The van der Waals surface area contributed by atoms with Crippen LogP contribution in [-0.2, 0) is 6.54 Å². The standard InChI is InChI=1S/C23H28ClN5O/c1-16(2)29-22-19(14-25-29)13-21(17(3)26-22)23(30)28-10-4-9-27(11-12-28)15-18-5-7-20(24)8-6-18/h5-8,13-14,16H,4,9-12,15H2,1-3H3. The van der Waals surface area contributed by atoms with Gasteiger partial charge in [0.25, 0.3) is 5.91 Å².